The van der Waals surface area contributed by atoms with Gasteiger partial charge in [-0.2, -0.15) is 0 Å². The fraction of sp³-hybridized carbons (Fsp3) is 0.650. The number of carbonyl (C=O) groups excluding carboxylic acids is 1. The Kier molecular flexibility index (Phi) is 6.74. The average Bonchev–Trinajstić information content (AvgIpc) is 2.69. The second-order valence-corrected chi connectivity index (χ2v) is 7.26. The molecule has 2 fully saturated rings. The van der Waals surface area contributed by atoms with E-state index < -0.39 is 0 Å². The Morgan fingerprint density at radius 2 is 1.81 bits per heavy atom. The predicted molar refractivity (Wildman–Crippen MR) is 105 cm³/mol. The van der Waals surface area contributed by atoms with E-state index >= 15 is 0 Å². The molecule has 144 valence electrons. The number of piperazine rings is 1. The maximum Gasteiger partial charge on any atom is 0.236 e. The Morgan fingerprint density at radius 1 is 1.12 bits per heavy atom. The molecule has 6 heteroatoms. The summed E-state index contributed by atoms with van der Waals surface area (Å²) in [5.41, 5.74) is 1.08. The van der Waals surface area contributed by atoms with Crippen LogP contribution in [-0.2, 0) is 4.79 Å². The average molecular weight is 361 g/mol. The van der Waals surface area contributed by atoms with Crippen LogP contribution in [0.15, 0.2) is 24.3 Å². The van der Waals surface area contributed by atoms with Gasteiger partial charge in [-0.3, -0.25) is 9.69 Å². The molecule has 0 aliphatic carbocycles. The first-order valence-electron chi connectivity index (χ1n) is 9.81. The molecule has 0 spiro atoms. The van der Waals surface area contributed by atoms with Crippen LogP contribution in [0.1, 0.15) is 19.8 Å². The van der Waals surface area contributed by atoms with Gasteiger partial charge in [0.1, 0.15) is 5.75 Å². The molecule has 6 nitrogen and oxygen atoms in total. The Balaban J connectivity index is 1.47. The zero-order valence-corrected chi connectivity index (χ0v) is 16.1. The highest BCUT2D eigenvalue weighted by atomic mass is 16.5. The van der Waals surface area contributed by atoms with E-state index in [1.54, 1.807) is 7.11 Å². The molecule has 1 atom stereocenters. The monoisotopic (exact) mass is 360 g/mol. The van der Waals surface area contributed by atoms with Crippen LogP contribution in [0.2, 0.25) is 0 Å². The quantitative estimate of drug-likeness (QED) is 0.837. The van der Waals surface area contributed by atoms with E-state index in [9.17, 15) is 4.79 Å². The molecular formula is C20H32N4O2. The minimum atomic E-state index is 0.274. The molecule has 0 unspecified atom stereocenters. The first-order chi connectivity index (χ1) is 12.7. The normalized spacial score (nSPS) is 22.2. The molecular weight excluding hydrogens is 328 g/mol. The number of rotatable bonds is 6. The zero-order chi connectivity index (χ0) is 18.4. The van der Waals surface area contributed by atoms with E-state index in [4.69, 9.17) is 4.74 Å². The fourth-order valence-electron chi connectivity index (χ4n) is 3.80. The summed E-state index contributed by atoms with van der Waals surface area (Å²) in [7, 11) is 1.68. The number of hydrogen-bond donors (Lipinski definition) is 1. The van der Waals surface area contributed by atoms with Crippen LogP contribution in [0.3, 0.4) is 0 Å². The Morgan fingerprint density at radius 3 is 2.46 bits per heavy atom. The number of anilines is 1. The van der Waals surface area contributed by atoms with Gasteiger partial charge in [0.25, 0.3) is 0 Å². The van der Waals surface area contributed by atoms with Crippen LogP contribution in [0.4, 0.5) is 5.69 Å². The summed E-state index contributed by atoms with van der Waals surface area (Å²) >= 11 is 0. The molecule has 0 saturated carbocycles. The van der Waals surface area contributed by atoms with Crippen molar-refractivity contribution in [3.8, 4) is 5.75 Å². The van der Waals surface area contributed by atoms with Crippen LogP contribution in [-0.4, -0.2) is 86.1 Å². The van der Waals surface area contributed by atoms with Gasteiger partial charge in [-0.15, -0.1) is 0 Å². The Labute approximate surface area is 157 Å². The molecule has 0 radical (unpaired) electrons. The number of likely N-dealkylation sites (tertiary alicyclic amines) is 1. The third-order valence-electron chi connectivity index (χ3n) is 5.51. The van der Waals surface area contributed by atoms with Gasteiger partial charge in [0, 0.05) is 51.0 Å². The summed E-state index contributed by atoms with van der Waals surface area (Å²) in [5, 5.41) is 3.56. The van der Waals surface area contributed by atoms with Gasteiger partial charge in [-0.25, -0.2) is 0 Å². The van der Waals surface area contributed by atoms with Crippen molar-refractivity contribution >= 4 is 11.6 Å². The molecule has 0 aromatic heterocycles. The van der Waals surface area contributed by atoms with Crippen LogP contribution in [0.5, 0.6) is 5.75 Å². The number of carbonyl (C=O) groups is 1. The minimum absolute atomic E-state index is 0.274. The lowest BCUT2D eigenvalue weighted by molar-refractivity contribution is -0.133. The van der Waals surface area contributed by atoms with Crippen LogP contribution in [0, 0.1) is 0 Å². The second-order valence-electron chi connectivity index (χ2n) is 7.26. The van der Waals surface area contributed by atoms with Gasteiger partial charge in [-0.1, -0.05) is 6.92 Å². The largest absolute Gasteiger partial charge is 0.497 e. The first-order valence-corrected chi connectivity index (χ1v) is 9.81. The second kappa shape index (κ2) is 9.24. The van der Waals surface area contributed by atoms with Gasteiger partial charge >= 0.3 is 0 Å². The van der Waals surface area contributed by atoms with Gasteiger partial charge in [0.05, 0.1) is 13.7 Å². The van der Waals surface area contributed by atoms with Crippen molar-refractivity contribution in [1.82, 2.24) is 14.7 Å². The van der Waals surface area contributed by atoms with Gasteiger partial charge in [-0.05, 0) is 43.7 Å². The number of amides is 1. The molecule has 26 heavy (non-hydrogen) atoms. The molecule has 3 rings (SSSR count). The van der Waals surface area contributed by atoms with Crippen molar-refractivity contribution in [3.05, 3.63) is 24.3 Å². The Bertz CT molecular complexity index is 570. The lowest BCUT2D eigenvalue weighted by atomic mass is 10.0. The summed E-state index contributed by atoms with van der Waals surface area (Å²) in [6.07, 6.45) is 2.16. The summed E-state index contributed by atoms with van der Waals surface area (Å²) in [4.78, 5) is 19.5. The van der Waals surface area contributed by atoms with Crippen molar-refractivity contribution in [2.24, 2.45) is 0 Å². The zero-order valence-electron chi connectivity index (χ0n) is 16.1. The number of methoxy groups -OCH3 is 1. The Hall–Kier alpha value is -1.79. The molecule has 2 heterocycles. The van der Waals surface area contributed by atoms with Crippen LogP contribution in [0.25, 0.3) is 0 Å². The summed E-state index contributed by atoms with van der Waals surface area (Å²) < 4.78 is 5.21. The van der Waals surface area contributed by atoms with Crippen molar-refractivity contribution in [1.29, 1.82) is 0 Å². The van der Waals surface area contributed by atoms with Crippen molar-refractivity contribution in [2.45, 2.75) is 25.8 Å². The number of nitrogens with zero attached hydrogens (tertiary/aromatic N) is 3. The van der Waals surface area contributed by atoms with E-state index in [0.717, 1.165) is 70.1 Å². The molecule has 2 saturated heterocycles. The van der Waals surface area contributed by atoms with E-state index in [0.29, 0.717) is 12.6 Å². The summed E-state index contributed by atoms with van der Waals surface area (Å²) in [6, 6.07) is 8.31. The lowest BCUT2D eigenvalue weighted by Crippen LogP contribution is -2.52. The number of nitrogens with one attached hydrogen (secondary N) is 1. The topological polar surface area (TPSA) is 48.0 Å². The van der Waals surface area contributed by atoms with E-state index in [1.807, 2.05) is 29.2 Å². The van der Waals surface area contributed by atoms with E-state index in [-0.39, 0.29) is 5.91 Å². The molecule has 1 aromatic carbocycles. The van der Waals surface area contributed by atoms with Crippen molar-refractivity contribution < 1.29 is 9.53 Å². The maximum atomic E-state index is 12.7. The summed E-state index contributed by atoms with van der Waals surface area (Å²) in [5.74, 6) is 1.13. The SMILES string of the molecule is CCN1CCN(CC(=O)N2CCC[C@H](Nc3ccc(OC)cc3)C2)CC1. The van der Waals surface area contributed by atoms with E-state index in [1.165, 1.54) is 0 Å². The molecule has 2 aliphatic heterocycles. The first kappa shape index (κ1) is 19.0. The summed E-state index contributed by atoms with van der Waals surface area (Å²) in [6.45, 7) is 9.69. The maximum absolute atomic E-state index is 12.7. The number of piperidine rings is 1. The molecule has 0 bridgehead atoms. The third kappa shape index (κ3) is 5.11. The number of benzene rings is 1. The molecule has 2 aliphatic rings. The van der Waals surface area contributed by atoms with Gasteiger partial charge < -0.3 is 19.9 Å². The lowest BCUT2D eigenvalue weighted by Gasteiger charge is -2.37. The van der Waals surface area contributed by atoms with Gasteiger partial charge in [0.2, 0.25) is 5.91 Å². The standard InChI is InChI=1S/C20H32N4O2/c1-3-22-11-13-23(14-12-22)16-20(25)24-10-4-5-18(15-24)21-17-6-8-19(26-2)9-7-17/h6-9,18,21H,3-5,10-16H2,1-2H3/t18-/m0/s1. The highest BCUT2D eigenvalue weighted by molar-refractivity contribution is 5.78. The molecule has 1 aromatic rings. The number of hydrogen-bond acceptors (Lipinski definition) is 5. The third-order valence-corrected chi connectivity index (χ3v) is 5.51. The van der Waals surface area contributed by atoms with Crippen LogP contribution >= 0.6 is 0 Å². The predicted octanol–water partition coefficient (Wildman–Crippen LogP) is 1.74. The highest BCUT2D eigenvalue weighted by Crippen LogP contribution is 2.19. The molecule has 1 amide bonds. The fourth-order valence-corrected chi connectivity index (χ4v) is 3.80. The number of ether oxygens (including phenoxy) is 1. The highest BCUT2D eigenvalue weighted by Gasteiger charge is 2.26. The van der Waals surface area contributed by atoms with Crippen molar-refractivity contribution in [2.75, 3.05) is 64.8 Å². The van der Waals surface area contributed by atoms with Crippen LogP contribution < -0.4 is 10.1 Å². The smallest absolute Gasteiger partial charge is 0.236 e. The van der Waals surface area contributed by atoms with Gasteiger partial charge in [0.15, 0.2) is 0 Å². The molecule has 1 N–H and O–H groups in total. The van der Waals surface area contributed by atoms with Crippen molar-refractivity contribution in [3.63, 3.8) is 0 Å². The van der Waals surface area contributed by atoms with E-state index in [2.05, 4.69) is 22.0 Å². The number of likely N-dealkylation sites (N-methyl/N-ethyl adjacent to an activating group) is 1. The minimum Gasteiger partial charge on any atom is -0.497 e.